The van der Waals surface area contributed by atoms with Gasteiger partial charge in [0.25, 0.3) is 5.91 Å². The number of rotatable bonds is 3. The van der Waals surface area contributed by atoms with Crippen LogP contribution in [0.2, 0.25) is 0 Å². The lowest BCUT2D eigenvalue weighted by molar-refractivity contribution is -0.131. The number of carbonyl (C=O) groups excluding carboxylic acids is 2. The van der Waals surface area contributed by atoms with Crippen LogP contribution in [0.1, 0.15) is 55.5 Å². The zero-order chi connectivity index (χ0) is 20.0. The van der Waals surface area contributed by atoms with Crippen molar-refractivity contribution in [3.05, 3.63) is 70.3 Å². The first kappa shape index (κ1) is 19.2. The van der Waals surface area contributed by atoms with Crippen LogP contribution >= 0.6 is 0 Å². The number of hydrogen-bond donors (Lipinski definition) is 1. The van der Waals surface area contributed by atoms with Crippen LogP contribution in [0.4, 0.5) is 4.79 Å². The van der Waals surface area contributed by atoms with Gasteiger partial charge in [-0.3, -0.25) is 9.69 Å². The molecule has 1 N–H and O–H groups in total. The van der Waals surface area contributed by atoms with Crippen molar-refractivity contribution in [2.24, 2.45) is 0 Å². The first-order valence-corrected chi connectivity index (χ1v) is 9.34. The topological polar surface area (TPSA) is 49.4 Å². The van der Waals surface area contributed by atoms with Crippen molar-refractivity contribution in [1.82, 2.24) is 10.2 Å². The van der Waals surface area contributed by atoms with Crippen molar-refractivity contribution in [3.63, 3.8) is 0 Å². The Bertz CT molecular complexity index is 873. The molecule has 0 saturated carbocycles. The lowest BCUT2D eigenvalue weighted by atomic mass is 9.83. The molecule has 0 aromatic heterocycles. The Morgan fingerprint density at radius 2 is 1.56 bits per heavy atom. The van der Waals surface area contributed by atoms with Crippen molar-refractivity contribution >= 4 is 11.9 Å². The van der Waals surface area contributed by atoms with Gasteiger partial charge in [0.15, 0.2) is 0 Å². The molecular formula is C23H28N2O2. The third-order valence-corrected chi connectivity index (χ3v) is 5.50. The monoisotopic (exact) mass is 364 g/mol. The number of nitrogens with zero attached hydrogens (tertiary/aromatic N) is 1. The summed E-state index contributed by atoms with van der Waals surface area (Å²) in [5, 5.41) is 2.88. The van der Waals surface area contributed by atoms with Crippen LogP contribution in [-0.4, -0.2) is 16.8 Å². The molecule has 0 radical (unpaired) electrons. The third kappa shape index (κ3) is 3.36. The Hall–Kier alpha value is -2.62. The van der Waals surface area contributed by atoms with Crippen LogP contribution < -0.4 is 5.32 Å². The van der Waals surface area contributed by atoms with E-state index in [2.05, 4.69) is 38.2 Å². The summed E-state index contributed by atoms with van der Waals surface area (Å²) in [6, 6.07) is 13.4. The highest BCUT2D eigenvalue weighted by Crippen LogP contribution is 2.32. The minimum Gasteiger partial charge on any atom is -0.319 e. The lowest BCUT2D eigenvalue weighted by Gasteiger charge is -2.24. The molecule has 4 nitrogen and oxygen atoms in total. The highest BCUT2D eigenvalue weighted by atomic mass is 16.2. The number of urea groups is 1. The molecule has 1 aliphatic heterocycles. The molecule has 4 heteroatoms. The zero-order valence-corrected chi connectivity index (χ0v) is 17.0. The van der Waals surface area contributed by atoms with E-state index in [1.165, 1.54) is 10.5 Å². The Balaban J connectivity index is 1.93. The van der Waals surface area contributed by atoms with Crippen LogP contribution in [0.25, 0.3) is 0 Å². The first-order chi connectivity index (χ1) is 12.5. The van der Waals surface area contributed by atoms with E-state index in [1.807, 2.05) is 44.2 Å². The second-order valence-corrected chi connectivity index (χ2v) is 8.65. The van der Waals surface area contributed by atoms with Gasteiger partial charge in [0.2, 0.25) is 0 Å². The molecule has 1 heterocycles. The van der Waals surface area contributed by atoms with E-state index in [-0.39, 0.29) is 23.9 Å². The molecule has 142 valence electrons. The van der Waals surface area contributed by atoms with Gasteiger partial charge in [0.1, 0.15) is 5.54 Å². The molecule has 27 heavy (non-hydrogen) atoms. The van der Waals surface area contributed by atoms with Gasteiger partial charge in [-0.15, -0.1) is 0 Å². The Morgan fingerprint density at radius 3 is 2.07 bits per heavy atom. The summed E-state index contributed by atoms with van der Waals surface area (Å²) in [7, 11) is 0. The van der Waals surface area contributed by atoms with Crippen LogP contribution in [0.15, 0.2) is 42.5 Å². The second kappa shape index (κ2) is 6.52. The number of aryl methyl sites for hydroxylation is 2. The van der Waals surface area contributed by atoms with Gasteiger partial charge in [0, 0.05) is 0 Å². The maximum Gasteiger partial charge on any atom is 0.325 e. The minimum atomic E-state index is -1.02. The maximum atomic E-state index is 13.1. The molecule has 0 bridgehead atoms. The van der Waals surface area contributed by atoms with Gasteiger partial charge in [0.05, 0.1) is 6.54 Å². The first-order valence-electron chi connectivity index (χ1n) is 9.34. The van der Waals surface area contributed by atoms with E-state index >= 15 is 0 Å². The summed E-state index contributed by atoms with van der Waals surface area (Å²) < 4.78 is 0. The molecule has 1 aliphatic rings. The molecule has 0 spiro atoms. The van der Waals surface area contributed by atoms with E-state index in [9.17, 15) is 9.59 Å². The summed E-state index contributed by atoms with van der Waals surface area (Å²) in [4.78, 5) is 27.1. The lowest BCUT2D eigenvalue weighted by Crippen LogP contribution is -2.40. The highest BCUT2D eigenvalue weighted by Gasteiger charge is 2.48. The molecule has 0 aliphatic carbocycles. The standard InChI is InChI=1S/C23H28N2O2/c1-15-12-18(22(3,4)5)13-16(2)19(15)14-25-20(26)23(6,24-21(25)27)17-10-8-7-9-11-17/h7-13H,14H2,1-6H3,(H,24,27)/t23-/m1/s1. The van der Waals surface area contributed by atoms with Crippen LogP contribution in [-0.2, 0) is 22.3 Å². The van der Waals surface area contributed by atoms with Crippen LogP contribution in [0.5, 0.6) is 0 Å². The second-order valence-electron chi connectivity index (χ2n) is 8.65. The summed E-state index contributed by atoms with van der Waals surface area (Å²) in [6.45, 7) is 12.7. The Morgan fingerprint density at radius 1 is 1.00 bits per heavy atom. The van der Waals surface area contributed by atoms with Gasteiger partial charge < -0.3 is 5.32 Å². The predicted molar refractivity (Wildman–Crippen MR) is 107 cm³/mol. The molecule has 1 fully saturated rings. The number of benzene rings is 2. The number of nitrogens with one attached hydrogen (secondary N) is 1. The number of imide groups is 1. The van der Waals surface area contributed by atoms with Gasteiger partial charge in [-0.1, -0.05) is 63.2 Å². The fourth-order valence-corrected chi connectivity index (χ4v) is 3.64. The predicted octanol–water partition coefficient (Wildman–Crippen LogP) is 4.57. The molecule has 0 unspecified atom stereocenters. The van der Waals surface area contributed by atoms with E-state index in [4.69, 9.17) is 0 Å². The number of hydrogen-bond acceptors (Lipinski definition) is 2. The quantitative estimate of drug-likeness (QED) is 0.811. The zero-order valence-electron chi connectivity index (χ0n) is 17.0. The molecule has 3 amide bonds. The molecule has 1 saturated heterocycles. The fourth-order valence-electron chi connectivity index (χ4n) is 3.64. The maximum absolute atomic E-state index is 13.1. The van der Waals surface area contributed by atoms with Gasteiger partial charge in [-0.2, -0.15) is 0 Å². The summed E-state index contributed by atoms with van der Waals surface area (Å²) in [5.74, 6) is -0.211. The number of carbonyl (C=O) groups is 2. The third-order valence-electron chi connectivity index (χ3n) is 5.50. The smallest absolute Gasteiger partial charge is 0.319 e. The van der Waals surface area contributed by atoms with Crippen LogP contribution in [0, 0.1) is 13.8 Å². The normalized spacial score (nSPS) is 20.1. The van der Waals surface area contributed by atoms with E-state index in [0.29, 0.717) is 0 Å². The highest BCUT2D eigenvalue weighted by molar-refractivity contribution is 6.07. The van der Waals surface area contributed by atoms with Crippen molar-refractivity contribution in [2.75, 3.05) is 0 Å². The SMILES string of the molecule is Cc1cc(C(C)(C)C)cc(C)c1CN1C(=O)N[C@](C)(c2ccccc2)C1=O. The Labute approximate surface area is 161 Å². The van der Waals surface area contributed by atoms with Crippen molar-refractivity contribution in [2.45, 2.75) is 59.0 Å². The molecule has 3 rings (SSSR count). The molecular weight excluding hydrogens is 336 g/mol. The van der Waals surface area contributed by atoms with Crippen molar-refractivity contribution < 1.29 is 9.59 Å². The van der Waals surface area contributed by atoms with Gasteiger partial charge >= 0.3 is 6.03 Å². The average Bonchev–Trinajstić information content (AvgIpc) is 2.81. The van der Waals surface area contributed by atoms with E-state index in [0.717, 1.165) is 22.3 Å². The van der Waals surface area contributed by atoms with Gasteiger partial charge in [-0.05, 0) is 54.0 Å². The van der Waals surface area contributed by atoms with Gasteiger partial charge in [-0.25, -0.2) is 4.79 Å². The summed E-state index contributed by atoms with van der Waals surface area (Å²) in [5.41, 5.74) is 4.33. The minimum absolute atomic E-state index is 0.0563. The van der Waals surface area contributed by atoms with Crippen molar-refractivity contribution in [1.29, 1.82) is 0 Å². The molecule has 1 atom stereocenters. The molecule has 2 aromatic carbocycles. The van der Waals surface area contributed by atoms with E-state index < -0.39 is 5.54 Å². The average molecular weight is 364 g/mol. The van der Waals surface area contributed by atoms with Crippen LogP contribution in [0.3, 0.4) is 0 Å². The number of amides is 3. The summed E-state index contributed by atoms with van der Waals surface area (Å²) >= 11 is 0. The summed E-state index contributed by atoms with van der Waals surface area (Å²) in [6.07, 6.45) is 0. The van der Waals surface area contributed by atoms with Crippen molar-refractivity contribution in [3.8, 4) is 0 Å². The van der Waals surface area contributed by atoms with E-state index in [1.54, 1.807) is 6.92 Å². The Kier molecular flexibility index (Phi) is 4.62. The molecule has 2 aromatic rings. The fraction of sp³-hybridized carbons (Fsp3) is 0.391. The largest absolute Gasteiger partial charge is 0.325 e.